The number of piperidine rings is 1. The molecule has 1 aromatic rings. The van der Waals surface area contributed by atoms with Crippen molar-refractivity contribution in [3.05, 3.63) is 29.3 Å². The minimum Gasteiger partial charge on any atom is -0.342 e. The van der Waals surface area contributed by atoms with Crippen LogP contribution < -0.4 is 5.32 Å². The molecule has 4 heteroatoms. The Hall–Kier alpha value is -1.84. The highest BCUT2D eigenvalue weighted by Crippen LogP contribution is 2.42. The minimum atomic E-state index is -0.151. The van der Waals surface area contributed by atoms with Crippen molar-refractivity contribution in [3.8, 4) is 0 Å². The van der Waals surface area contributed by atoms with Crippen molar-refractivity contribution in [2.45, 2.75) is 52.9 Å². The number of aryl methyl sites for hydroxylation is 2. The van der Waals surface area contributed by atoms with Gasteiger partial charge in [-0.1, -0.05) is 39.0 Å². The fourth-order valence-corrected chi connectivity index (χ4v) is 3.84. The largest absolute Gasteiger partial charge is 0.342 e. The molecule has 1 saturated heterocycles. The van der Waals surface area contributed by atoms with Gasteiger partial charge in [0.15, 0.2) is 0 Å². The lowest BCUT2D eigenvalue weighted by atomic mass is 9.99. The van der Waals surface area contributed by atoms with Crippen molar-refractivity contribution >= 4 is 17.5 Å². The summed E-state index contributed by atoms with van der Waals surface area (Å²) in [7, 11) is 0. The predicted molar refractivity (Wildman–Crippen MR) is 100 cm³/mol. The van der Waals surface area contributed by atoms with E-state index in [1.807, 2.05) is 11.0 Å². The standard InChI is InChI=1S/C21H30N2O2/c1-4-15-7-6-8-16(5-2)19(15)22-20(24)17-13-18(17)21(25)23-11-9-14(3)10-12-23/h6-8,14,17-18H,4-5,9-13H2,1-3H3,(H,22,24). The summed E-state index contributed by atoms with van der Waals surface area (Å²) >= 11 is 0. The Bertz CT molecular complexity index is 625. The molecular weight excluding hydrogens is 312 g/mol. The lowest BCUT2D eigenvalue weighted by Gasteiger charge is -2.30. The monoisotopic (exact) mass is 342 g/mol. The highest BCUT2D eigenvalue weighted by atomic mass is 16.2. The third kappa shape index (κ3) is 3.88. The number of anilines is 1. The number of hydrogen-bond acceptors (Lipinski definition) is 2. The van der Waals surface area contributed by atoms with Crippen molar-refractivity contribution in [2.24, 2.45) is 17.8 Å². The van der Waals surface area contributed by atoms with Crippen LogP contribution in [0.3, 0.4) is 0 Å². The Morgan fingerprint density at radius 2 is 1.68 bits per heavy atom. The third-order valence-electron chi connectivity index (χ3n) is 5.79. The van der Waals surface area contributed by atoms with Gasteiger partial charge in [0.1, 0.15) is 0 Å². The summed E-state index contributed by atoms with van der Waals surface area (Å²) in [5.74, 6) is 0.653. The van der Waals surface area contributed by atoms with E-state index < -0.39 is 0 Å². The molecule has 2 atom stereocenters. The van der Waals surface area contributed by atoms with Crippen molar-refractivity contribution in [3.63, 3.8) is 0 Å². The maximum atomic E-state index is 12.7. The zero-order chi connectivity index (χ0) is 18.0. The molecule has 0 aromatic heterocycles. The Balaban J connectivity index is 1.62. The zero-order valence-corrected chi connectivity index (χ0v) is 15.7. The van der Waals surface area contributed by atoms with E-state index in [2.05, 4.69) is 38.2 Å². The van der Waals surface area contributed by atoms with E-state index in [-0.39, 0.29) is 23.7 Å². The van der Waals surface area contributed by atoms with Crippen LogP contribution in [0.4, 0.5) is 5.69 Å². The van der Waals surface area contributed by atoms with Gasteiger partial charge in [0, 0.05) is 18.8 Å². The van der Waals surface area contributed by atoms with Gasteiger partial charge in [-0.25, -0.2) is 0 Å². The van der Waals surface area contributed by atoms with Crippen LogP contribution in [0.15, 0.2) is 18.2 Å². The quantitative estimate of drug-likeness (QED) is 0.888. The average molecular weight is 342 g/mol. The van der Waals surface area contributed by atoms with E-state index >= 15 is 0 Å². The van der Waals surface area contributed by atoms with Crippen molar-refractivity contribution in [1.82, 2.24) is 4.90 Å². The van der Waals surface area contributed by atoms with E-state index in [0.29, 0.717) is 12.3 Å². The summed E-state index contributed by atoms with van der Waals surface area (Å²) in [6, 6.07) is 6.19. The van der Waals surface area contributed by atoms with Gasteiger partial charge in [0.25, 0.3) is 0 Å². The van der Waals surface area contributed by atoms with Crippen LogP contribution in [0.25, 0.3) is 0 Å². The van der Waals surface area contributed by atoms with Gasteiger partial charge in [0.2, 0.25) is 11.8 Å². The summed E-state index contributed by atoms with van der Waals surface area (Å²) in [4.78, 5) is 27.3. The van der Waals surface area contributed by atoms with Crippen LogP contribution in [0.5, 0.6) is 0 Å². The maximum Gasteiger partial charge on any atom is 0.228 e. The van der Waals surface area contributed by atoms with E-state index in [0.717, 1.165) is 44.5 Å². The van der Waals surface area contributed by atoms with Gasteiger partial charge in [-0.2, -0.15) is 0 Å². The molecule has 0 bridgehead atoms. The second-order valence-electron chi connectivity index (χ2n) is 7.60. The molecule has 1 aliphatic heterocycles. The number of nitrogens with one attached hydrogen (secondary N) is 1. The van der Waals surface area contributed by atoms with Crippen molar-refractivity contribution in [1.29, 1.82) is 0 Å². The average Bonchev–Trinajstić information content (AvgIpc) is 3.42. The molecule has 2 unspecified atom stereocenters. The number of para-hydroxylation sites is 1. The zero-order valence-electron chi connectivity index (χ0n) is 15.7. The van der Waals surface area contributed by atoms with Crippen LogP contribution in [0.2, 0.25) is 0 Å². The number of amides is 2. The summed E-state index contributed by atoms with van der Waals surface area (Å²) in [6.07, 6.45) is 4.65. The van der Waals surface area contributed by atoms with Gasteiger partial charge >= 0.3 is 0 Å². The van der Waals surface area contributed by atoms with Crippen LogP contribution in [-0.2, 0) is 22.4 Å². The lowest BCUT2D eigenvalue weighted by molar-refractivity contribution is -0.135. The first-order valence-corrected chi connectivity index (χ1v) is 9.75. The number of benzene rings is 1. The molecule has 3 rings (SSSR count). The molecule has 1 saturated carbocycles. The normalized spacial score (nSPS) is 23.4. The fraction of sp³-hybridized carbons (Fsp3) is 0.619. The van der Waals surface area contributed by atoms with Crippen LogP contribution in [0.1, 0.15) is 51.2 Å². The number of hydrogen-bond donors (Lipinski definition) is 1. The van der Waals surface area contributed by atoms with Crippen LogP contribution in [0, 0.1) is 17.8 Å². The molecule has 1 heterocycles. The first-order valence-electron chi connectivity index (χ1n) is 9.75. The van der Waals surface area contributed by atoms with Gasteiger partial charge < -0.3 is 10.2 Å². The molecule has 2 amide bonds. The first kappa shape index (κ1) is 18.0. The van der Waals surface area contributed by atoms with E-state index in [9.17, 15) is 9.59 Å². The summed E-state index contributed by atoms with van der Waals surface area (Å²) in [6.45, 7) is 8.15. The van der Waals surface area contributed by atoms with Gasteiger partial charge in [-0.3, -0.25) is 9.59 Å². The molecule has 4 nitrogen and oxygen atoms in total. The third-order valence-corrected chi connectivity index (χ3v) is 5.79. The Morgan fingerprint density at radius 1 is 1.08 bits per heavy atom. The SMILES string of the molecule is CCc1cccc(CC)c1NC(=O)C1CC1C(=O)N1CCC(C)CC1. The maximum absolute atomic E-state index is 12.7. The Morgan fingerprint density at radius 3 is 2.24 bits per heavy atom. The number of nitrogens with zero attached hydrogens (tertiary/aromatic N) is 1. The second kappa shape index (κ2) is 7.59. The van der Waals surface area contributed by atoms with Crippen molar-refractivity contribution < 1.29 is 9.59 Å². The Labute approximate surface area is 151 Å². The molecular formula is C21H30N2O2. The number of rotatable bonds is 5. The smallest absolute Gasteiger partial charge is 0.228 e. The number of likely N-dealkylation sites (tertiary alicyclic amines) is 1. The topological polar surface area (TPSA) is 49.4 Å². The van der Waals surface area contributed by atoms with E-state index in [1.54, 1.807) is 0 Å². The van der Waals surface area contributed by atoms with Crippen LogP contribution >= 0.6 is 0 Å². The van der Waals surface area contributed by atoms with Crippen LogP contribution in [-0.4, -0.2) is 29.8 Å². The summed E-state index contributed by atoms with van der Waals surface area (Å²) < 4.78 is 0. The van der Waals surface area contributed by atoms with E-state index in [4.69, 9.17) is 0 Å². The number of carbonyl (C=O) groups excluding carboxylic acids is 2. The first-order chi connectivity index (χ1) is 12.0. The fourth-order valence-electron chi connectivity index (χ4n) is 3.84. The molecule has 2 aliphatic rings. The molecule has 136 valence electrons. The molecule has 0 radical (unpaired) electrons. The van der Waals surface area contributed by atoms with Gasteiger partial charge in [-0.15, -0.1) is 0 Å². The van der Waals surface area contributed by atoms with E-state index in [1.165, 1.54) is 11.1 Å². The molecule has 1 aliphatic carbocycles. The predicted octanol–water partition coefficient (Wildman–Crippen LogP) is 3.64. The van der Waals surface area contributed by atoms with Gasteiger partial charge in [0.05, 0.1) is 11.8 Å². The number of carbonyl (C=O) groups is 2. The molecule has 0 spiro atoms. The molecule has 1 N–H and O–H groups in total. The summed E-state index contributed by atoms with van der Waals surface area (Å²) in [5, 5.41) is 3.13. The highest BCUT2D eigenvalue weighted by Gasteiger charge is 2.49. The second-order valence-corrected chi connectivity index (χ2v) is 7.60. The lowest BCUT2D eigenvalue weighted by Crippen LogP contribution is -2.39. The highest BCUT2D eigenvalue weighted by molar-refractivity contribution is 6.00. The minimum absolute atomic E-state index is 0.0133. The molecule has 1 aromatic carbocycles. The Kier molecular flexibility index (Phi) is 5.45. The molecule has 2 fully saturated rings. The van der Waals surface area contributed by atoms with Crippen molar-refractivity contribution in [2.75, 3.05) is 18.4 Å². The molecule has 25 heavy (non-hydrogen) atoms. The summed E-state index contributed by atoms with van der Waals surface area (Å²) in [5.41, 5.74) is 3.30. The van der Waals surface area contributed by atoms with Gasteiger partial charge in [-0.05, 0) is 49.1 Å².